The van der Waals surface area contributed by atoms with Crippen LogP contribution in [0, 0.1) is 0 Å². The van der Waals surface area contributed by atoms with E-state index < -0.39 is 0 Å². The number of alkyl halides is 1. The highest BCUT2D eigenvalue weighted by Gasteiger charge is 2.25. The van der Waals surface area contributed by atoms with Crippen LogP contribution in [0.2, 0.25) is 0 Å². The molecular formula is C21H23ClN2O4. The van der Waals surface area contributed by atoms with E-state index in [0.29, 0.717) is 36.7 Å². The molecular weight excluding hydrogens is 380 g/mol. The average molecular weight is 403 g/mol. The van der Waals surface area contributed by atoms with E-state index in [9.17, 15) is 9.59 Å². The number of ether oxygens (including phenoxy) is 2. The van der Waals surface area contributed by atoms with E-state index in [-0.39, 0.29) is 24.3 Å². The lowest BCUT2D eigenvalue weighted by atomic mass is 10.2. The SMILES string of the molecule is CCc1ccc(OCCCN2C(=O)COc3ccc(NC(=O)CCl)cc32)cc1. The van der Waals surface area contributed by atoms with Crippen LogP contribution in [0.25, 0.3) is 0 Å². The molecule has 0 bridgehead atoms. The summed E-state index contributed by atoms with van der Waals surface area (Å²) in [7, 11) is 0. The lowest BCUT2D eigenvalue weighted by Crippen LogP contribution is -2.39. The van der Waals surface area contributed by atoms with Crippen molar-refractivity contribution in [2.24, 2.45) is 0 Å². The first-order chi connectivity index (χ1) is 13.6. The maximum absolute atomic E-state index is 12.3. The van der Waals surface area contributed by atoms with Crippen molar-refractivity contribution in [3.63, 3.8) is 0 Å². The normalized spacial score (nSPS) is 12.9. The summed E-state index contributed by atoms with van der Waals surface area (Å²) in [6.07, 6.45) is 1.66. The average Bonchev–Trinajstić information content (AvgIpc) is 2.72. The van der Waals surface area contributed by atoms with Gasteiger partial charge in [-0.15, -0.1) is 11.6 Å². The molecule has 0 unspecified atom stereocenters. The molecule has 0 aliphatic carbocycles. The molecule has 0 saturated carbocycles. The summed E-state index contributed by atoms with van der Waals surface area (Å²) in [5, 5.41) is 2.69. The molecule has 1 aliphatic rings. The Balaban J connectivity index is 1.61. The van der Waals surface area contributed by atoms with Gasteiger partial charge in [0.05, 0.1) is 12.3 Å². The Bertz CT molecular complexity index is 839. The zero-order valence-corrected chi connectivity index (χ0v) is 16.5. The van der Waals surface area contributed by atoms with Gasteiger partial charge in [-0.05, 0) is 48.7 Å². The lowest BCUT2D eigenvalue weighted by Gasteiger charge is -2.29. The van der Waals surface area contributed by atoms with Gasteiger partial charge in [-0.1, -0.05) is 19.1 Å². The van der Waals surface area contributed by atoms with Crippen molar-refractivity contribution in [1.82, 2.24) is 0 Å². The fourth-order valence-electron chi connectivity index (χ4n) is 2.95. The molecule has 0 saturated heterocycles. The van der Waals surface area contributed by atoms with Crippen molar-refractivity contribution in [2.75, 3.05) is 35.9 Å². The fraction of sp³-hybridized carbons (Fsp3) is 0.333. The smallest absolute Gasteiger partial charge is 0.265 e. The van der Waals surface area contributed by atoms with Crippen LogP contribution < -0.4 is 19.7 Å². The molecule has 3 rings (SSSR count). The minimum atomic E-state index is -0.307. The highest BCUT2D eigenvalue weighted by atomic mass is 35.5. The molecule has 28 heavy (non-hydrogen) atoms. The molecule has 6 nitrogen and oxygen atoms in total. The number of anilines is 2. The Kier molecular flexibility index (Phi) is 6.76. The van der Waals surface area contributed by atoms with E-state index in [4.69, 9.17) is 21.1 Å². The van der Waals surface area contributed by atoms with Crippen LogP contribution in [0.3, 0.4) is 0 Å². The van der Waals surface area contributed by atoms with E-state index >= 15 is 0 Å². The third kappa shape index (κ3) is 4.95. The fourth-order valence-corrected chi connectivity index (χ4v) is 3.02. The quantitative estimate of drug-likeness (QED) is 0.541. The van der Waals surface area contributed by atoms with Crippen LogP contribution in [0.1, 0.15) is 18.9 Å². The summed E-state index contributed by atoms with van der Waals surface area (Å²) < 4.78 is 11.3. The van der Waals surface area contributed by atoms with E-state index in [1.54, 1.807) is 23.1 Å². The zero-order chi connectivity index (χ0) is 19.9. The second-order valence-electron chi connectivity index (χ2n) is 6.40. The predicted octanol–water partition coefficient (Wildman–Crippen LogP) is 3.62. The molecule has 2 aromatic rings. The monoisotopic (exact) mass is 402 g/mol. The molecule has 0 fully saturated rings. The van der Waals surface area contributed by atoms with Crippen molar-refractivity contribution >= 4 is 34.8 Å². The summed E-state index contributed by atoms with van der Waals surface area (Å²) in [6, 6.07) is 13.2. The minimum absolute atomic E-state index is 0.000275. The summed E-state index contributed by atoms with van der Waals surface area (Å²) in [5.41, 5.74) is 2.47. The van der Waals surface area contributed by atoms with Crippen molar-refractivity contribution in [3.05, 3.63) is 48.0 Å². The number of rotatable bonds is 8. The first-order valence-corrected chi connectivity index (χ1v) is 9.79. The number of hydrogen-bond acceptors (Lipinski definition) is 4. The van der Waals surface area contributed by atoms with Gasteiger partial charge in [0.15, 0.2) is 6.61 Å². The largest absolute Gasteiger partial charge is 0.494 e. The third-order valence-electron chi connectivity index (χ3n) is 4.43. The van der Waals surface area contributed by atoms with Crippen LogP contribution in [0.15, 0.2) is 42.5 Å². The molecule has 1 aliphatic heterocycles. The lowest BCUT2D eigenvalue weighted by molar-refractivity contribution is -0.121. The van der Waals surface area contributed by atoms with Gasteiger partial charge in [-0.3, -0.25) is 9.59 Å². The molecule has 0 spiro atoms. The number of halogens is 1. The Morgan fingerprint density at radius 2 is 2.04 bits per heavy atom. The van der Waals surface area contributed by atoms with Gasteiger partial charge >= 0.3 is 0 Å². The van der Waals surface area contributed by atoms with Gasteiger partial charge in [-0.25, -0.2) is 0 Å². The standard InChI is InChI=1S/C21H23ClN2O4/c1-2-15-4-7-17(8-5-15)27-11-3-10-24-18-12-16(23-20(25)13-22)6-9-19(18)28-14-21(24)26/h4-9,12H,2-3,10-11,13-14H2,1H3,(H,23,25). The molecule has 1 N–H and O–H groups in total. The van der Waals surface area contributed by atoms with Gasteiger partial charge < -0.3 is 19.7 Å². The molecule has 2 amide bonds. The zero-order valence-electron chi connectivity index (χ0n) is 15.7. The van der Waals surface area contributed by atoms with Gasteiger partial charge in [0.1, 0.15) is 17.4 Å². The highest BCUT2D eigenvalue weighted by molar-refractivity contribution is 6.29. The summed E-state index contributed by atoms with van der Waals surface area (Å²) in [4.78, 5) is 25.5. The highest BCUT2D eigenvalue weighted by Crippen LogP contribution is 2.34. The molecule has 0 aromatic heterocycles. The Labute approximate surface area is 169 Å². The maximum atomic E-state index is 12.3. The van der Waals surface area contributed by atoms with Crippen molar-refractivity contribution < 1.29 is 19.1 Å². The second-order valence-corrected chi connectivity index (χ2v) is 6.67. The van der Waals surface area contributed by atoms with Crippen molar-refractivity contribution in [1.29, 1.82) is 0 Å². The second kappa shape index (κ2) is 9.46. The number of fused-ring (bicyclic) bond motifs is 1. The van der Waals surface area contributed by atoms with Crippen molar-refractivity contribution in [3.8, 4) is 11.5 Å². The van der Waals surface area contributed by atoms with Crippen molar-refractivity contribution in [2.45, 2.75) is 19.8 Å². The first kappa shape index (κ1) is 20.0. The maximum Gasteiger partial charge on any atom is 0.265 e. The number of benzene rings is 2. The summed E-state index contributed by atoms with van der Waals surface area (Å²) in [5.74, 6) is 0.864. The number of aryl methyl sites for hydroxylation is 1. The number of amides is 2. The molecule has 1 heterocycles. The Morgan fingerprint density at radius 1 is 1.25 bits per heavy atom. The Hall–Kier alpha value is -2.73. The van der Waals surface area contributed by atoms with E-state index in [2.05, 4.69) is 12.2 Å². The van der Waals surface area contributed by atoms with Gasteiger partial charge in [0.2, 0.25) is 5.91 Å². The van der Waals surface area contributed by atoms with Crippen LogP contribution in [-0.2, 0) is 16.0 Å². The number of hydrogen-bond donors (Lipinski definition) is 1. The molecule has 0 radical (unpaired) electrons. The number of nitrogens with one attached hydrogen (secondary N) is 1. The third-order valence-corrected chi connectivity index (χ3v) is 4.68. The van der Waals surface area contributed by atoms with Crippen LogP contribution >= 0.6 is 11.6 Å². The summed E-state index contributed by atoms with van der Waals surface area (Å²) >= 11 is 5.53. The van der Waals surface area contributed by atoms with E-state index in [1.807, 2.05) is 24.3 Å². The number of carbonyl (C=O) groups excluding carboxylic acids is 2. The van der Waals surface area contributed by atoms with E-state index in [0.717, 1.165) is 12.2 Å². The predicted molar refractivity (Wildman–Crippen MR) is 110 cm³/mol. The molecule has 148 valence electrons. The molecule has 0 atom stereocenters. The minimum Gasteiger partial charge on any atom is -0.494 e. The number of carbonyl (C=O) groups is 2. The summed E-state index contributed by atoms with van der Waals surface area (Å²) in [6.45, 7) is 3.10. The first-order valence-electron chi connectivity index (χ1n) is 9.25. The number of nitrogens with zero attached hydrogens (tertiary/aromatic N) is 1. The van der Waals surface area contributed by atoms with Gasteiger partial charge in [-0.2, -0.15) is 0 Å². The van der Waals surface area contributed by atoms with Crippen LogP contribution in [0.5, 0.6) is 11.5 Å². The van der Waals surface area contributed by atoms with Crippen LogP contribution in [-0.4, -0.2) is 37.5 Å². The molecule has 7 heteroatoms. The Morgan fingerprint density at radius 3 is 2.75 bits per heavy atom. The van der Waals surface area contributed by atoms with Crippen LogP contribution in [0.4, 0.5) is 11.4 Å². The molecule has 2 aromatic carbocycles. The van der Waals surface area contributed by atoms with Gasteiger partial charge in [0.25, 0.3) is 5.91 Å². The van der Waals surface area contributed by atoms with Gasteiger partial charge in [0, 0.05) is 12.2 Å². The topological polar surface area (TPSA) is 67.9 Å². The van der Waals surface area contributed by atoms with E-state index in [1.165, 1.54) is 5.56 Å².